The Hall–Kier alpha value is -1.58. The first-order valence-electron chi connectivity index (χ1n) is 5.67. The Bertz CT molecular complexity index is 705. The molecule has 0 aliphatic rings. The van der Waals surface area contributed by atoms with Crippen molar-refractivity contribution in [1.29, 1.82) is 0 Å². The van der Waals surface area contributed by atoms with Gasteiger partial charge in [-0.15, -0.1) is 0 Å². The van der Waals surface area contributed by atoms with Crippen LogP contribution in [0.3, 0.4) is 0 Å². The second kappa shape index (κ2) is 5.59. The summed E-state index contributed by atoms with van der Waals surface area (Å²) in [5.74, 6) is 0. The molecular formula is C14H12Cl2N2O. The normalized spacial score (nSPS) is 11.2. The molecule has 3 nitrogen and oxygen atoms in total. The van der Waals surface area contributed by atoms with E-state index in [1.807, 2.05) is 19.9 Å². The van der Waals surface area contributed by atoms with Gasteiger partial charge in [0.05, 0.1) is 5.02 Å². The van der Waals surface area contributed by atoms with Gasteiger partial charge in [0.15, 0.2) is 0 Å². The summed E-state index contributed by atoms with van der Waals surface area (Å²) >= 11 is 11.9. The number of aromatic nitrogens is 1. The number of aryl methyl sites for hydroxylation is 2. The quantitative estimate of drug-likeness (QED) is 0.835. The van der Waals surface area contributed by atoms with Gasteiger partial charge in [0, 0.05) is 22.5 Å². The zero-order valence-corrected chi connectivity index (χ0v) is 12.0. The number of hydrogen-bond donors (Lipinski definition) is 1. The minimum absolute atomic E-state index is 0.209. The van der Waals surface area contributed by atoms with Crippen molar-refractivity contribution in [2.75, 3.05) is 0 Å². The molecule has 0 fully saturated rings. The zero-order chi connectivity index (χ0) is 14.0. The average molecular weight is 295 g/mol. The van der Waals surface area contributed by atoms with E-state index in [0.29, 0.717) is 21.3 Å². The summed E-state index contributed by atoms with van der Waals surface area (Å²) in [5, 5.41) is 1.06. The van der Waals surface area contributed by atoms with Gasteiger partial charge in [0.2, 0.25) is 0 Å². The Kier molecular flexibility index (Phi) is 4.08. The molecule has 1 heterocycles. The van der Waals surface area contributed by atoms with Crippen molar-refractivity contribution in [3.63, 3.8) is 0 Å². The molecule has 0 spiro atoms. The molecule has 5 heteroatoms. The van der Waals surface area contributed by atoms with Crippen LogP contribution in [0.2, 0.25) is 10.0 Å². The Morgan fingerprint density at radius 1 is 1.21 bits per heavy atom. The fraction of sp³-hybridized carbons (Fsp3) is 0.143. The molecule has 0 amide bonds. The number of pyridine rings is 1. The van der Waals surface area contributed by atoms with Gasteiger partial charge in [-0.3, -0.25) is 9.79 Å². The number of aromatic amines is 1. The molecule has 0 bridgehead atoms. The predicted molar refractivity (Wildman–Crippen MR) is 80.3 cm³/mol. The minimum Gasteiger partial charge on any atom is -0.325 e. The Morgan fingerprint density at radius 2 is 1.95 bits per heavy atom. The topological polar surface area (TPSA) is 45.2 Å². The molecule has 1 aromatic carbocycles. The monoisotopic (exact) mass is 294 g/mol. The Labute approximate surface area is 120 Å². The highest BCUT2D eigenvalue weighted by Gasteiger charge is 2.03. The van der Waals surface area contributed by atoms with Gasteiger partial charge in [-0.05, 0) is 37.6 Å². The van der Waals surface area contributed by atoms with Crippen molar-refractivity contribution < 1.29 is 0 Å². The third-order valence-corrected chi connectivity index (χ3v) is 3.19. The van der Waals surface area contributed by atoms with Crippen molar-refractivity contribution in [3.05, 3.63) is 61.5 Å². The summed E-state index contributed by atoms with van der Waals surface area (Å²) in [6.07, 6.45) is 1.56. The molecule has 19 heavy (non-hydrogen) atoms. The lowest BCUT2D eigenvalue weighted by molar-refractivity contribution is 1.11. The predicted octanol–water partition coefficient (Wildman–Crippen LogP) is 4.05. The van der Waals surface area contributed by atoms with E-state index in [1.54, 1.807) is 24.4 Å². The standard InChI is InChI=1S/C14H12Cl2N2O/c1-8-5-9(2)18-14(19)13(8)17-7-10-3-4-11(15)6-12(10)16/h3-7H,1-2H3,(H,18,19). The maximum absolute atomic E-state index is 11.8. The number of aliphatic imine (C=N–C) groups is 1. The average Bonchev–Trinajstić information content (AvgIpc) is 2.30. The molecule has 0 aliphatic heterocycles. The minimum atomic E-state index is -0.209. The summed E-state index contributed by atoms with van der Waals surface area (Å²) in [6.45, 7) is 3.68. The van der Waals surface area contributed by atoms with Crippen LogP contribution in [-0.2, 0) is 0 Å². The van der Waals surface area contributed by atoms with E-state index in [2.05, 4.69) is 9.98 Å². The first kappa shape index (κ1) is 13.8. The van der Waals surface area contributed by atoms with Gasteiger partial charge in [-0.2, -0.15) is 0 Å². The number of H-pyrrole nitrogens is 1. The fourth-order valence-electron chi connectivity index (χ4n) is 1.75. The summed E-state index contributed by atoms with van der Waals surface area (Å²) in [4.78, 5) is 18.7. The SMILES string of the molecule is Cc1cc(C)c(N=Cc2ccc(Cl)cc2Cl)c(=O)[nH]1. The number of hydrogen-bond acceptors (Lipinski definition) is 2. The van der Waals surface area contributed by atoms with E-state index in [9.17, 15) is 4.79 Å². The molecule has 0 radical (unpaired) electrons. The maximum Gasteiger partial charge on any atom is 0.274 e. The number of nitrogens with one attached hydrogen (secondary N) is 1. The number of rotatable bonds is 2. The summed E-state index contributed by atoms with van der Waals surface area (Å²) in [7, 11) is 0. The zero-order valence-electron chi connectivity index (χ0n) is 10.5. The molecule has 1 aromatic heterocycles. The summed E-state index contributed by atoms with van der Waals surface area (Å²) in [5.41, 5.74) is 2.52. The second-order valence-corrected chi connectivity index (χ2v) is 5.08. The molecule has 0 saturated heterocycles. The Balaban J connectivity index is 2.41. The van der Waals surface area contributed by atoms with Gasteiger partial charge >= 0.3 is 0 Å². The van der Waals surface area contributed by atoms with Crippen LogP contribution >= 0.6 is 23.2 Å². The van der Waals surface area contributed by atoms with Crippen LogP contribution in [0.1, 0.15) is 16.8 Å². The van der Waals surface area contributed by atoms with E-state index in [4.69, 9.17) is 23.2 Å². The third-order valence-electron chi connectivity index (χ3n) is 2.63. The molecule has 0 aliphatic carbocycles. The van der Waals surface area contributed by atoms with Crippen LogP contribution in [0.5, 0.6) is 0 Å². The van der Waals surface area contributed by atoms with Gasteiger partial charge in [-0.1, -0.05) is 29.3 Å². The molecule has 0 atom stereocenters. The van der Waals surface area contributed by atoms with Crippen LogP contribution in [-0.4, -0.2) is 11.2 Å². The highest BCUT2D eigenvalue weighted by Crippen LogP contribution is 2.20. The molecule has 2 rings (SSSR count). The number of halogens is 2. The van der Waals surface area contributed by atoms with E-state index in [1.165, 1.54) is 0 Å². The molecular weight excluding hydrogens is 283 g/mol. The van der Waals surface area contributed by atoms with Gasteiger partial charge in [-0.25, -0.2) is 0 Å². The van der Waals surface area contributed by atoms with Gasteiger partial charge < -0.3 is 4.98 Å². The largest absolute Gasteiger partial charge is 0.325 e. The number of benzene rings is 1. The molecule has 0 unspecified atom stereocenters. The van der Waals surface area contributed by atoms with E-state index in [0.717, 1.165) is 11.3 Å². The summed E-state index contributed by atoms with van der Waals surface area (Å²) < 4.78 is 0. The lowest BCUT2D eigenvalue weighted by Crippen LogP contribution is -2.08. The van der Waals surface area contributed by atoms with Crippen LogP contribution in [0.4, 0.5) is 5.69 Å². The smallest absolute Gasteiger partial charge is 0.274 e. The summed E-state index contributed by atoms with van der Waals surface area (Å²) in [6, 6.07) is 6.99. The molecule has 98 valence electrons. The van der Waals surface area contributed by atoms with E-state index < -0.39 is 0 Å². The van der Waals surface area contributed by atoms with Crippen LogP contribution in [0.15, 0.2) is 34.1 Å². The highest BCUT2D eigenvalue weighted by molar-refractivity contribution is 6.36. The lowest BCUT2D eigenvalue weighted by Gasteiger charge is -2.01. The van der Waals surface area contributed by atoms with E-state index in [-0.39, 0.29) is 5.56 Å². The van der Waals surface area contributed by atoms with Crippen molar-refractivity contribution in [3.8, 4) is 0 Å². The second-order valence-electron chi connectivity index (χ2n) is 4.24. The first-order valence-corrected chi connectivity index (χ1v) is 6.42. The third kappa shape index (κ3) is 3.25. The molecule has 2 aromatic rings. The highest BCUT2D eigenvalue weighted by atomic mass is 35.5. The van der Waals surface area contributed by atoms with Gasteiger partial charge in [0.25, 0.3) is 5.56 Å². The first-order chi connectivity index (χ1) is 8.97. The van der Waals surface area contributed by atoms with E-state index >= 15 is 0 Å². The van der Waals surface area contributed by atoms with Crippen LogP contribution < -0.4 is 5.56 Å². The fourth-order valence-corrected chi connectivity index (χ4v) is 2.20. The van der Waals surface area contributed by atoms with Gasteiger partial charge in [0.1, 0.15) is 5.69 Å². The maximum atomic E-state index is 11.8. The van der Waals surface area contributed by atoms with Crippen molar-refractivity contribution >= 4 is 35.1 Å². The molecule has 0 saturated carbocycles. The van der Waals surface area contributed by atoms with Crippen molar-refractivity contribution in [2.45, 2.75) is 13.8 Å². The van der Waals surface area contributed by atoms with Crippen molar-refractivity contribution in [2.24, 2.45) is 4.99 Å². The number of nitrogens with zero attached hydrogens (tertiary/aromatic N) is 1. The van der Waals surface area contributed by atoms with Crippen molar-refractivity contribution in [1.82, 2.24) is 4.98 Å². The van der Waals surface area contributed by atoms with Crippen LogP contribution in [0.25, 0.3) is 0 Å². The van der Waals surface area contributed by atoms with Crippen LogP contribution in [0, 0.1) is 13.8 Å². The molecule has 1 N–H and O–H groups in total. The lowest BCUT2D eigenvalue weighted by atomic mass is 10.2. The Morgan fingerprint density at radius 3 is 2.58 bits per heavy atom.